The number of nitrogen functional groups attached to an aromatic ring is 1. The molecular formula is C14H13F2NOS. The SMILES string of the molecule is COc1cc(N)ccc1CSc1ccc(F)cc1F. The van der Waals surface area contributed by atoms with Gasteiger partial charge in [0.2, 0.25) is 0 Å². The standard InChI is InChI=1S/C14H13F2NOS/c1-18-13-7-11(17)4-2-9(13)8-19-14-5-3-10(15)6-12(14)16/h2-7H,8,17H2,1H3. The molecule has 0 aliphatic carbocycles. The molecule has 0 atom stereocenters. The van der Waals surface area contributed by atoms with Crippen molar-refractivity contribution in [3.63, 3.8) is 0 Å². The first-order valence-corrected chi connectivity index (χ1v) is 6.59. The number of methoxy groups -OCH3 is 1. The van der Waals surface area contributed by atoms with E-state index in [1.807, 2.05) is 6.07 Å². The van der Waals surface area contributed by atoms with Gasteiger partial charge in [-0.2, -0.15) is 0 Å². The zero-order valence-corrected chi connectivity index (χ0v) is 11.1. The predicted molar refractivity (Wildman–Crippen MR) is 73.3 cm³/mol. The Kier molecular flexibility index (Phi) is 4.27. The summed E-state index contributed by atoms with van der Waals surface area (Å²) >= 11 is 1.28. The summed E-state index contributed by atoms with van der Waals surface area (Å²) in [6.07, 6.45) is 0. The minimum atomic E-state index is -0.577. The molecule has 0 radical (unpaired) electrons. The summed E-state index contributed by atoms with van der Waals surface area (Å²) in [5, 5.41) is 0. The van der Waals surface area contributed by atoms with Crippen molar-refractivity contribution in [2.75, 3.05) is 12.8 Å². The Bertz CT molecular complexity index is 590. The second-order valence-corrected chi connectivity index (χ2v) is 4.95. The maximum Gasteiger partial charge on any atom is 0.139 e. The summed E-state index contributed by atoms with van der Waals surface area (Å²) < 4.78 is 31.5. The van der Waals surface area contributed by atoms with Crippen LogP contribution in [0.15, 0.2) is 41.3 Å². The Morgan fingerprint density at radius 1 is 1.16 bits per heavy atom. The highest BCUT2D eigenvalue weighted by atomic mass is 32.2. The lowest BCUT2D eigenvalue weighted by Crippen LogP contribution is -1.93. The van der Waals surface area contributed by atoms with Crippen LogP contribution >= 0.6 is 11.8 Å². The van der Waals surface area contributed by atoms with Crippen LogP contribution in [0.1, 0.15) is 5.56 Å². The lowest BCUT2D eigenvalue weighted by atomic mass is 10.2. The molecule has 100 valence electrons. The molecule has 0 saturated heterocycles. The zero-order chi connectivity index (χ0) is 13.8. The Hall–Kier alpha value is -1.75. The third-order valence-corrected chi connectivity index (χ3v) is 3.69. The average Bonchev–Trinajstić information content (AvgIpc) is 2.39. The number of rotatable bonds is 4. The molecular weight excluding hydrogens is 268 g/mol. The number of hydrogen-bond acceptors (Lipinski definition) is 3. The van der Waals surface area contributed by atoms with Crippen LogP contribution in [0.3, 0.4) is 0 Å². The normalized spacial score (nSPS) is 10.5. The van der Waals surface area contributed by atoms with Crippen LogP contribution in [-0.2, 0) is 5.75 Å². The molecule has 2 N–H and O–H groups in total. The predicted octanol–water partition coefficient (Wildman–Crippen LogP) is 3.85. The van der Waals surface area contributed by atoms with Crippen molar-refractivity contribution in [1.29, 1.82) is 0 Å². The van der Waals surface area contributed by atoms with Gasteiger partial charge in [-0.15, -0.1) is 11.8 Å². The fraction of sp³-hybridized carbons (Fsp3) is 0.143. The van der Waals surface area contributed by atoms with Crippen LogP contribution in [0.25, 0.3) is 0 Å². The van der Waals surface area contributed by atoms with E-state index in [4.69, 9.17) is 10.5 Å². The van der Waals surface area contributed by atoms with Gasteiger partial charge in [-0.05, 0) is 18.2 Å². The Balaban J connectivity index is 2.14. The fourth-order valence-corrected chi connectivity index (χ4v) is 2.54. The molecule has 0 aromatic heterocycles. The van der Waals surface area contributed by atoms with Gasteiger partial charge in [-0.3, -0.25) is 0 Å². The van der Waals surface area contributed by atoms with Crippen LogP contribution in [0.2, 0.25) is 0 Å². The molecule has 0 bridgehead atoms. The molecule has 0 spiro atoms. The monoisotopic (exact) mass is 281 g/mol. The van der Waals surface area contributed by atoms with Gasteiger partial charge >= 0.3 is 0 Å². The van der Waals surface area contributed by atoms with Gasteiger partial charge in [-0.25, -0.2) is 8.78 Å². The first-order valence-electron chi connectivity index (χ1n) is 5.60. The number of halogens is 2. The molecule has 0 unspecified atom stereocenters. The number of benzene rings is 2. The Morgan fingerprint density at radius 2 is 1.95 bits per heavy atom. The van der Waals surface area contributed by atoms with E-state index >= 15 is 0 Å². The quantitative estimate of drug-likeness (QED) is 0.683. The van der Waals surface area contributed by atoms with Crippen molar-refractivity contribution < 1.29 is 13.5 Å². The summed E-state index contributed by atoms with van der Waals surface area (Å²) in [6, 6.07) is 8.87. The second kappa shape index (κ2) is 5.93. The highest BCUT2D eigenvalue weighted by Gasteiger charge is 2.08. The maximum atomic E-state index is 13.5. The second-order valence-electron chi connectivity index (χ2n) is 3.93. The topological polar surface area (TPSA) is 35.2 Å². The number of nitrogens with two attached hydrogens (primary N) is 1. The van der Waals surface area contributed by atoms with Crippen molar-refractivity contribution in [2.24, 2.45) is 0 Å². The van der Waals surface area contributed by atoms with Gasteiger partial charge in [0, 0.05) is 34.0 Å². The Labute approximate surface area is 114 Å². The zero-order valence-electron chi connectivity index (χ0n) is 10.3. The van der Waals surface area contributed by atoms with E-state index in [1.54, 1.807) is 19.2 Å². The molecule has 19 heavy (non-hydrogen) atoms. The molecule has 0 heterocycles. The number of anilines is 1. The molecule has 0 amide bonds. The van der Waals surface area contributed by atoms with Gasteiger partial charge in [0.25, 0.3) is 0 Å². The lowest BCUT2D eigenvalue weighted by Gasteiger charge is -2.09. The van der Waals surface area contributed by atoms with E-state index in [0.717, 1.165) is 11.6 Å². The smallest absolute Gasteiger partial charge is 0.139 e. The Morgan fingerprint density at radius 3 is 2.63 bits per heavy atom. The van der Waals surface area contributed by atoms with Crippen molar-refractivity contribution >= 4 is 17.4 Å². The van der Waals surface area contributed by atoms with E-state index < -0.39 is 11.6 Å². The van der Waals surface area contributed by atoms with Crippen LogP contribution in [0.4, 0.5) is 14.5 Å². The van der Waals surface area contributed by atoms with Crippen molar-refractivity contribution in [2.45, 2.75) is 10.6 Å². The summed E-state index contributed by atoms with van der Waals surface area (Å²) in [5.41, 5.74) is 7.18. The number of thioether (sulfide) groups is 1. The number of ether oxygens (including phenoxy) is 1. The lowest BCUT2D eigenvalue weighted by molar-refractivity contribution is 0.411. The van der Waals surface area contributed by atoms with Gasteiger partial charge < -0.3 is 10.5 Å². The van der Waals surface area contributed by atoms with Crippen molar-refractivity contribution in [3.8, 4) is 5.75 Å². The number of hydrogen-bond donors (Lipinski definition) is 1. The summed E-state index contributed by atoms with van der Waals surface area (Å²) in [5.74, 6) is 0.0489. The average molecular weight is 281 g/mol. The van der Waals surface area contributed by atoms with Crippen molar-refractivity contribution in [3.05, 3.63) is 53.6 Å². The van der Waals surface area contributed by atoms with Gasteiger partial charge in [0.1, 0.15) is 17.4 Å². The minimum absolute atomic E-state index is 0.403. The van der Waals surface area contributed by atoms with E-state index in [0.29, 0.717) is 22.1 Å². The van der Waals surface area contributed by atoms with E-state index in [1.165, 1.54) is 23.9 Å². The molecule has 2 rings (SSSR count). The molecule has 0 fully saturated rings. The van der Waals surface area contributed by atoms with Crippen LogP contribution in [-0.4, -0.2) is 7.11 Å². The maximum absolute atomic E-state index is 13.5. The van der Waals surface area contributed by atoms with E-state index in [2.05, 4.69) is 0 Å². The van der Waals surface area contributed by atoms with Crippen LogP contribution in [0.5, 0.6) is 5.75 Å². The van der Waals surface area contributed by atoms with Crippen molar-refractivity contribution in [1.82, 2.24) is 0 Å². The minimum Gasteiger partial charge on any atom is -0.496 e. The summed E-state index contributed by atoms with van der Waals surface area (Å²) in [4.78, 5) is 0.403. The van der Waals surface area contributed by atoms with Crippen LogP contribution in [0, 0.1) is 11.6 Å². The summed E-state index contributed by atoms with van der Waals surface area (Å²) in [7, 11) is 1.56. The molecule has 5 heteroatoms. The summed E-state index contributed by atoms with van der Waals surface area (Å²) in [6.45, 7) is 0. The molecule has 0 aliphatic heterocycles. The molecule has 2 nitrogen and oxygen atoms in total. The van der Waals surface area contributed by atoms with Gasteiger partial charge in [0.05, 0.1) is 7.11 Å². The van der Waals surface area contributed by atoms with Gasteiger partial charge in [-0.1, -0.05) is 6.07 Å². The first kappa shape index (κ1) is 13.7. The molecule has 2 aromatic rings. The first-order chi connectivity index (χ1) is 9.10. The highest BCUT2D eigenvalue weighted by molar-refractivity contribution is 7.98. The highest BCUT2D eigenvalue weighted by Crippen LogP contribution is 2.30. The van der Waals surface area contributed by atoms with E-state index in [9.17, 15) is 8.78 Å². The largest absolute Gasteiger partial charge is 0.496 e. The molecule has 2 aromatic carbocycles. The molecule has 0 aliphatic rings. The fourth-order valence-electron chi connectivity index (χ4n) is 1.63. The van der Waals surface area contributed by atoms with Crippen LogP contribution < -0.4 is 10.5 Å². The van der Waals surface area contributed by atoms with Gasteiger partial charge in [0.15, 0.2) is 0 Å². The molecule has 0 saturated carbocycles. The van der Waals surface area contributed by atoms with E-state index in [-0.39, 0.29) is 0 Å². The third kappa shape index (κ3) is 3.38. The third-order valence-electron chi connectivity index (χ3n) is 2.59.